The number of aromatic nitrogens is 3. The van der Waals surface area contributed by atoms with Gasteiger partial charge in [0.15, 0.2) is 0 Å². The highest BCUT2D eigenvalue weighted by Gasteiger charge is 2.22. The lowest BCUT2D eigenvalue weighted by molar-refractivity contribution is 0.428. The molecule has 0 spiro atoms. The first kappa shape index (κ1) is 14.1. The lowest BCUT2D eigenvalue weighted by Crippen LogP contribution is -2.11. The smallest absolute Gasteiger partial charge is 0.144 e. The van der Waals surface area contributed by atoms with Crippen LogP contribution in [0.15, 0.2) is 10.7 Å². The van der Waals surface area contributed by atoms with Crippen molar-refractivity contribution < 1.29 is 0 Å². The van der Waals surface area contributed by atoms with Crippen molar-refractivity contribution in [1.29, 1.82) is 0 Å². The molecule has 1 fully saturated rings. The third-order valence-corrected chi connectivity index (χ3v) is 4.93. The number of nitrogens with zero attached hydrogens (tertiary/aromatic N) is 3. The van der Waals surface area contributed by atoms with Gasteiger partial charge in [-0.1, -0.05) is 33.1 Å². The minimum absolute atomic E-state index is 0.418. The topological polar surface area (TPSA) is 30.7 Å². The van der Waals surface area contributed by atoms with Crippen molar-refractivity contribution in [2.75, 3.05) is 0 Å². The van der Waals surface area contributed by atoms with Gasteiger partial charge in [-0.15, -0.1) is 0 Å². The molecule has 2 aromatic rings. The summed E-state index contributed by atoms with van der Waals surface area (Å²) < 4.78 is 3.22. The molecule has 4 heteroatoms. The van der Waals surface area contributed by atoms with Crippen LogP contribution in [0.1, 0.15) is 69.3 Å². The van der Waals surface area contributed by atoms with Gasteiger partial charge >= 0.3 is 0 Å². The van der Waals surface area contributed by atoms with Crippen LogP contribution in [0.2, 0.25) is 0 Å². The lowest BCUT2D eigenvalue weighted by Gasteiger charge is -2.21. The summed E-state index contributed by atoms with van der Waals surface area (Å²) in [5, 5.41) is 1.18. The summed E-state index contributed by atoms with van der Waals surface area (Å²) in [5.74, 6) is 2.04. The molecule has 0 N–H and O–H groups in total. The van der Waals surface area contributed by atoms with Crippen molar-refractivity contribution in [2.24, 2.45) is 7.05 Å². The monoisotopic (exact) mass is 335 g/mol. The molecule has 0 bridgehead atoms. The fraction of sp³-hybridized carbons (Fsp3) is 0.625. The van der Waals surface area contributed by atoms with Crippen molar-refractivity contribution in [2.45, 2.75) is 57.8 Å². The summed E-state index contributed by atoms with van der Waals surface area (Å²) >= 11 is 3.66. The molecule has 3 nitrogen and oxygen atoms in total. The van der Waals surface area contributed by atoms with Crippen molar-refractivity contribution in [3.05, 3.63) is 22.2 Å². The molecule has 0 saturated heterocycles. The van der Waals surface area contributed by atoms with Gasteiger partial charge in [0.2, 0.25) is 0 Å². The van der Waals surface area contributed by atoms with Crippen LogP contribution in [0.3, 0.4) is 0 Å². The van der Waals surface area contributed by atoms with Crippen LogP contribution in [-0.2, 0) is 7.05 Å². The molecule has 0 atom stereocenters. The summed E-state index contributed by atoms with van der Waals surface area (Å²) in [6, 6.07) is 0. The molecular weight excluding hydrogens is 314 g/mol. The van der Waals surface area contributed by atoms with Gasteiger partial charge in [0, 0.05) is 23.6 Å². The lowest BCUT2D eigenvalue weighted by atomic mass is 9.88. The van der Waals surface area contributed by atoms with E-state index in [1.165, 1.54) is 43.2 Å². The Balaban J connectivity index is 2.17. The molecule has 0 amide bonds. The van der Waals surface area contributed by atoms with E-state index in [1.807, 2.05) is 0 Å². The second-order valence-electron chi connectivity index (χ2n) is 6.24. The van der Waals surface area contributed by atoms with E-state index in [1.54, 1.807) is 0 Å². The molecule has 3 rings (SSSR count). The zero-order chi connectivity index (χ0) is 14.3. The van der Waals surface area contributed by atoms with Gasteiger partial charge < -0.3 is 4.57 Å². The van der Waals surface area contributed by atoms with E-state index >= 15 is 0 Å². The Bertz CT molecular complexity index is 624. The summed E-state index contributed by atoms with van der Waals surface area (Å²) in [4.78, 5) is 9.83. The highest BCUT2D eigenvalue weighted by Crippen LogP contribution is 2.35. The van der Waals surface area contributed by atoms with Crippen molar-refractivity contribution in [3.8, 4) is 0 Å². The van der Waals surface area contributed by atoms with Crippen LogP contribution in [0, 0.1) is 0 Å². The molecule has 1 saturated carbocycles. The molecule has 108 valence electrons. The molecule has 20 heavy (non-hydrogen) atoms. The number of hydrogen-bond acceptors (Lipinski definition) is 2. The van der Waals surface area contributed by atoms with E-state index in [0.717, 1.165) is 15.9 Å². The van der Waals surface area contributed by atoms with Crippen molar-refractivity contribution in [1.82, 2.24) is 14.5 Å². The van der Waals surface area contributed by atoms with Crippen LogP contribution in [0.4, 0.5) is 0 Å². The van der Waals surface area contributed by atoms with Crippen LogP contribution in [0.25, 0.3) is 11.0 Å². The first-order valence-electron chi connectivity index (χ1n) is 7.60. The number of hydrogen-bond donors (Lipinski definition) is 0. The van der Waals surface area contributed by atoms with E-state index < -0.39 is 0 Å². The molecule has 1 aliphatic rings. The number of rotatable bonds is 2. The molecule has 2 heterocycles. The van der Waals surface area contributed by atoms with Crippen LogP contribution >= 0.6 is 15.9 Å². The summed E-state index contributed by atoms with van der Waals surface area (Å²) in [7, 11) is 2.06. The van der Waals surface area contributed by atoms with Gasteiger partial charge in [-0.2, -0.15) is 0 Å². The van der Waals surface area contributed by atoms with E-state index in [2.05, 4.69) is 47.6 Å². The molecule has 0 aliphatic heterocycles. The maximum absolute atomic E-state index is 4.94. The molecule has 2 aromatic heterocycles. The number of aryl methyl sites for hydroxylation is 1. The molecular formula is C16H22BrN3. The van der Waals surface area contributed by atoms with Gasteiger partial charge in [0.25, 0.3) is 0 Å². The first-order valence-corrected chi connectivity index (χ1v) is 8.39. The van der Waals surface area contributed by atoms with Gasteiger partial charge in [0.1, 0.15) is 11.5 Å². The SMILES string of the molecule is CC(C)c1nc(C2CCCCC2)nc2c1c(Br)cn2C. The normalized spacial score (nSPS) is 17.2. The predicted molar refractivity (Wildman–Crippen MR) is 86.1 cm³/mol. The van der Waals surface area contributed by atoms with Gasteiger partial charge in [-0.3, -0.25) is 0 Å². The highest BCUT2D eigenvalue weighted by molar-refractivity contribution is 9.10. The summed E-state index contributed by atoms with van der Waals surface area (Å²) in [5.41, 5.74) is 2.25. The Morgan fingerprint density at radius 2 is 1.90 bits per heavy atom. The number of fused-ring (bicyclic) bond motifs is 1. The Labute approximate surface area is 128 Å². The standard InChI is InChI=1S/C16H22BrN3/c1-10(2)14-13-12(17)9-20(3)16(13)19-15(18-14)11-7-5-4-6-8-11/h9-11H,4-8H2,1-3H3. The van der Waals surface area contributed by atoms with Gasteiger partial charge in [-0.25, -0.2) is 9.97 Å². The fourth-order valence-corrected chi connectivity index (χ4v) is 3.91. The van der Waals surface area contributed by atoms with Crippen LogP contribution < -0.4 is 0 Å². The Morgan fingerprint density at radius 1 is 1.20 bits per heavy atom. The Hall–Kier alpha value is -0.900. The Kier molecular flexibility index (Phi) is 3.85. The zero-order valence-corrected chi connectivity index (χ0v) is 14.1. The van der Waals surface area contributed by atoms with E-state index in [4.69, 9.17) is 9.97 Å². The third-order valence-electron chi connectivity index (χ3n) is 4.33. The summed E-state index contributed by atoms with van der Waals surface area (Å²) in [6.45, 7) is 4.43. The van der Waals surface area contributed by atoms with Crippen LogP contribution in [0.5, 0.6) is 0 Å². The zero-order valence-electron chi connectivity index (χ0n) is 12.5. The van der Waals surface area contributed by atoms with Gasteiger partial charge in [-0.05, 0) is 34.7 Å². The summed E-state index contributed by atoms with van der Waals surface area (Å²) in [6.07, 6.45) is 8.59. The molecule has 0 radical (unpaired) electrons. The van der Waals surface area contributed by atoms with E-state index in [9.17, 15) is 0 Å². The van der Waals surface area contributed by atoms with Crippen molar-refractivity contribution in [3.63, 3.8) is 0 Å². The molecule has 0 unspecified atom stereocenters. The van der Waals surface area contributed by atoms with Crippen molar-refractivity contribution >= 4 is 27.0 Å². The minimum atomic E-state index is 0.418. The average Bonchev–Trinajstić information content (AvgIpc) is 2.74. The van der Waals surface area contributed by atoms with E-state index in [0.29, 0.717) is 11.8 Å². The fourth-order valence-electron chi connectivity index (χ4n) is 3.22. The van der Waals surface area contributed by atoms with E-state index in [-0.39, 0.29) is 0 Å². The average molecular weight is 336 g/mol. The second-order valence-corrected chi connectivity index (χ2v) is 7.10. The minimum Gasteiger partial charge on any atom is -0.334 e. The third kappa shape index (κ3) is 2.39. The maximum Gasteiger partial charge on any atom is 0.144 e. The Morgan fingerprint density at radius 3 is 2.55 bits per heavy atom. The highest BCUT2D eigenvalue weighted by atomic mass is 79.9. The molecule has 1 aliphatic carbocycles. The predicted octanol–water partition coefficient (Wildman–Crippen LogP) is 4.90. The molecule has 0 aromatic carbocycles. The first-order chi connectivity index (χ1) is 9.58. The van der Waals surface area contributed by atoms with Crippen LogP contribution in [-0.4, -0.2) is 14.5 Å². The van der Waals surface area contributed by atoms with Gasteiger partial charge in [0.05, 0.1) is 11.1 Å². The maximum atomic E-state index is 4.94. The quantitative estimate of drug-likeness (QED) is 0.781. The largest absolute Gasteiger partial charge is 0.334 e. The second kappa shape index (κ2) is 5.47. The number of halogens is 1.